The number of pyridine rings is 1. The van der Waals surface area contributed by atoms with Crippen LogP contribution >= 0.6 is 0 Å². The summed E-state index contributed by atoms with van der Waals surface area (Å²) in [6.45, 7) is 1.69. The highest BCUT2D eigenvalue weighted by Crippen LogP contribution is 2.24. The molecule has 1 aromatic heterocycles. The number of nitrogen functional groups attached to an aromatic ring is 1. The molecule has 7 heteroatoms. The van der Waals surface area contributed by atoms with Gasteiger partial charge in [0.15, 0.2) is 0 Å². The Morgan fingerprint density at radius 3 is 2.63 bits per heavy atom. The van der Waals surface area contributed by atoms with E-state index in [1.54, 1.807) is 19.1 Å². The van der Waals surface area contributed by atoms with Crippen LogP contribution in [-0.4, -0.2) is 13.4 Å². The maximum Gasteiger partial charge on any atom is 0.268 e. The molecule has 3 N–H and O–H groups in total. The Morgan fingerprint density at radius 2 is 2.00 bits per heavy atom. The fraction of sp³-hybridized carbons (Fsp3) is 0.0833. The van der Waals surface area contributed by atoms with E-state index in [4.69, 9.17) is 5.73 Å². The van der Waals surface area contributed by atoms with E-state index in [0.29, 0.717) is 5.56 Å². The van der Waals surface area contributed by atoms with Crippen molar-refractivity contribution in [1.29, 1.82) is 0 Å². The molecule has 0 aliphatic rings. The van der Waals surface area contributed by atoms with Gasteiger partial charge in [-0.25, -0.2) is 17.8 Å². The molecule has 100 valence electrons. The third-order valence-corrected chi connectivity index (χ3v) is 3.94. The van der Waals surface area contributed by atoms with Crippen molar-refractivity contribution in [3.05, 3.63) is 47.9 Å². The highest BCUT2D eigenvalue weighted by molar-refractivity contribution is 7.92. The Balaban J connectivity index is 2.47. The van der Waals surface area contributed by atoms with Gasteiger partial charge in [0, 0.05) is 6.20 Å². The lowest BCUT2D eigenvalue weighted by atomic mass is 10.3. The van der Waals surface area contributed by atoms with Crippen molar-refractivity contribution in [2.24, 2.45) is 0 Å². The van der Waals surface area contributed by atoms with Gasteiger partial charge < -0.3 is 5.73 Å². The molecule has 0 unspecified atom stereocenters. The van der Waals surface area contributed by atoms with E-state index < -0.39 is 20.7 Å². The number of aryl methyl sites for hydroxylation is 1. The number of benzene rings is 1. The molecule has 2 aromatic rings. The molecule has 0 aliphatic carbocycles. The number of anilines is 2. The monoisotopic (exact) mass is 281 g/mol. The largest absolute Gasteiger partial charge is 0.398 e. The summed E-state index contributed by atoms with van der Waals surface area (Å²) in [5, 5.41) is 0. The van der Waals surface area contributed by atoms with Gasteiger partial charge in [-0.2, -0.15) is 0 Å². The standard InChI is InChI=1S/C12H12FN3O2S/c1-8-4-3-7-15-12(8)16-19(17,18)11-9(13)5-2-6-10(11)14/h2-7H,14H2,1H3,(H,15,16). The minimum atomic E-state index is -4.11. The smallest absolute Gasteiger partial charge is 0.268 e. The number of hydrogen-bond acceptors (Lipinski definition) is 4. The Morgan fingerprint density at radius 1 is 1.26 bits per heavy atom. The molecule has 0 atom stereocenters. The molecule has 19 heavy (non-hydrogen) atoms. The predicted molar refractivity (Wildman–Crippen MR) is 70.6 cm³/mol. The van der Waals surface area contributed by atoms with Gasteiger partial charge in [0.25, 0.3) is 10.0 Å². The maximum atomic E-state index is 13.6. The van der Waals surface area contributed by atoms with Gasteiger partial charge in [0.05, 0.1) is 5.69 Å². The third kappa shape index (κ3) is 2.65. The van der Waals surface area contributed by atoms with Gasteiger partial charge in [-0.3, -0.25) is 4.72 Å². The Labute approximate surface area is 110 Å². The van der Waals surface area contributed by atoms with Gasteiger partial charge in [-0.05, 0) is 30.7 Å². The lowest BCUT2D eigenvalue weighted by Crippen LogP contribution is -2.17. The van der Waals surface area contributed by atoms with Crippen LogP contribution in [-0.2, 0) is 10.0 Å². The molecule has 1 aromatic carbocycles. The van der Waals surface area contributed by atoms with E-state index >= 15 is 0 Å². The second-order valence-electron chi connectivity index (χ2n) is 3.93. The number of hydrogen-bond donors (Lipinski definition) is 2. The summed E-state index contributed by atoms with van der Waals surface area (Å²) < 4.78 is 40.1. The average Bonchev–Trinajstić information content (AvgIpc) is 2.31. The number of nitrogens with one attached hydrogen (secondary N) is 1. The summed E-state index contributed by atoms with van der Waals surface area (Å²) in [7, 11) is -4.11. The van der Waals surface area contributed by atoms with Crippen molar-refractivity contribution < 1.29 is 12.8 Å². The first-order valence-corrected chi connectivity index (χ1v) is 6.88. The summed E-state index contributed by atoms with van der Waals surface area (Å²) in [4.78, 5) is 3.33. The molecule has 0 amide bonds. The molecule has 0 saturated carbocycles. The highest BCUT2D eigenvalue weighted by Gasteiger charge is 2.23. The second-order valence-corrected chi connectivity index (χ2v) is 5.55. The quantitative estimate of drug-likeness (QED) is 0.842. The molecule has 1 heterocycles. The van der Waals surface area contributed by atoms with Crippen LogP contribution in [0, 0.1) is 12.7 Å². The van der Waals surface area contributed by atoms with Crippen molar-refractivity contribution in [2.45, 2.75) is 11.8 Å². The van der Waals surface area contributed by atoms with Crippen LogP contribution in [0.2, 0.25) is 0 Å². The van der Waals surface area contributed by atoms with Crippen molar-refractivity contribution in [3.8, 4) is 0 Å². The van der Waals surface area contributed by atoms with Crippen LogP contribution in [0.3, 0.4) is 0 Å². The van der Waals surface area contributed by atoms with Crippen LogP contribution in [0.25, 0.3) is 0 Å². The zero-order valence-corrected chi connectivity index (χ0v) is 10.9. The summed E-state index contributed by atoms with van der Waals surface area (Å²) in [5.41, 5.74) is 5.99. The van der Waals surface area contributed by atoms with Crippen LogP contribution in [0.1, 0.15) is 5.56 Å². The van der Waals surface area contributed by atoms with E-state index in [1.165, 1.54) is 18.3 Å². The van der Waals surface area contributed by atoms with Gasteiger partial charge in [0.1, 0.15) is 16.5 Å². The Kier molecular flexibility index (Phi) is 3.39. The van der Waals surface area contributed by atoms with Crippen LogP contribution in [0.15, 0.2) is 41.4 Å². The van der Waals surface area contributed by atoms with E-state index in [-0.39, 0.29) is 11.5 Å². The third-order valence-electron chi connectivity index (χ3n) is 2.51. The van der Waals surface area contributed by atoms with E-state index in [1.807, 2.05) is 0 Å². The van der Waals surface area contributed by atoms with Crippen molar-refractivity contribution >= 4 is 21.5 Å². The van der Waals surface area contributed by atoms with E-state index in [9.17, 15) is 12.8 Å². The van der Waals surface area contributed by atoms with E-state index in [2.05, 4.69) is 9.71 Å². The fourth-order valence-electron chi connectivity index (χ4n) is 1.58. The van der Waals surface area contributed by atoms with Crippen molar-refractivity contribution in [1.82, 2.24) is 4.98 Å². The second kappa shape index (κ2) is 4.85. The zero-order valence-electron chi connectivity index (χ0n) is 10.1. The predicted octanol–water partition coefficient (Wildman–Crippen LogP) is 1.91. The van der Waals surface area contributed by atoms with Gasteiger partial charge in [-0.15, -0.1) is 0 Å². The Bertz CT molecular complexity index is 696. The zero-order chi connectivity index (χ0) is 14.0. The molecule has 0 aliphatic heterocycles. The van der Waals surface area contributed by atoms with Gasteiger partial charge >= 0.3 is 0 Å². The average molecular weight is 281 g/mol. The van der Waals surface area contributed by atoms with Gasteiger partial charge in [0.2, 0.25) is 0 Å². The van der Waals surface area contributed by atoms with Crippen molar-refractivity contribution in [2.75, 3.05) is 10.5 Å². The molecule has 2 rings (SSSR count). The SMILES string of the molecule is Cc1cccnc1NS(=O)(=O)c1c(N)cccc1F. The van der Waals surface area contributed by atoms with Crippen LogP contribution in [0.4, 0.5) is 15.9 Å². The molecule has 0 fully saturated rings. The summed E-state index contributed by atoms with van der Waals surface area (Å²) in [5.74, 6) is -0.758. The molecular weight excluding hydrogens is 269 g/mol. The van der Waals surface area contributed by atoms with Gasteiger partial charge in [-0.1, -0.05) is 12.1 Å². The molecular formula is C12H12FN3O2S. The normalized spacial score (nSPS) is 11.3. The number of halogens is 1. The highest BCUT2D eigenvalue weighted by atomic mass is 32.2. The fourth-order valence-corrected chi connectivity index (χ4v) is 2.85. The minimum Gasteiger partial charge on any atom is -0.398 e. The first kappa shape index (κ1) is 13.3. The minimum absolute atomic E-state index is 0.144. The lowest BCUT2D eigenvalue weighted by Gasteiger charge is -2.11. The van der Waals surface area contributed by atoms with E-state index in [0.717, 1.165) is 6.07 Å². The topological polar surface area (TPSA) is 85.1 Å². The molecule has 5 nitrogen and oxygen atoms in total. The summed E-state index contributed by atoms with van der Waals surface area (Å²) in [6, 6.07) is 7.06. The lowest BCUT2D eigenvalue weighted by molar-refractivity contribution is 0.571. The summed E-state index contributed by atoms with van der Waals surface area (Å²) in [6.07, 6.45) is 1.44. The first-order chi connectivity index (χ1) is 8.92. The van der Waals surface area contributed by atoms with Crippen molar-refractivity contribution in [3.63, 3.8) is 0 Å². The molecule has 0 bridgehead atoms. The number of rotatable bonds is 3. The number of nitrogens with zero attached hydrogens (tertiary/aromatic N) is 1. The number of nitrogens with two attached hydrogens (primary N) is 1. The Hall–Kier alpha value is -2.15. The number of aromatic nitrogens is 1. The molecule has 0 radical (unpaired) electrons. The van der Waals surface area contributed by atoms with Crippen LogP contribution in [0.5, 0.6) is 0 Å². The maximum absolute atomic E-state index is 13.6. The number of sulfonamides is 1. The van der Waals surface area contributed by atoms with Crippen LogP contribution < -0.4 is 10.5 Å². The molecule has 0 saturated heterocycles. The molecule has 0 spiro atoms. The summed E-state index contributed by atoms with van der Waals surface area (Å²) >= 11 is 0. The first-order valence-electron chi connectivity index (χ1n) is 5.40.